The van der Waals surface area contributed by atoms with Gasteiger partial charge in [-0.15, -0.1) is 0 Å². The molecule has 3 aromatic carbocycles. The molecule has 0 bridgehead atoms. The molecule has 0 saturated heterocycles. The van der Waals surface area contributed by atoms with Crippen molar-refractivity contribution in [1.82, 2.24) is 4.90 Å². The van der Waals surface area contributed by atoms with E-state index in [4.69, 9.17) is 15.2 Å². The fraction of sp³-hybridized carbons (Fsp3) is 0.179. The fourth-order valence-corrected chi connectivity index (χ4v) is 3.79. The fourth-order valence-electron chi connectivity index (χ4n) is 3.79. The van der Waals surface area contributed by atoms with Gasteiger partial charge < -0.3 is 20.0 Å². The first kappa shape index (κ1) is 26.3. The van der Waals surface area contributed by atoms with Gasteiger partial charge in [-0.3, -0.25) is 0 Å². The highest BCUT2D eigenvalue weighted by molar-refractivity contribution is 6.18. The summed E-state index contributed by atoms with van der Waals surface area (Å²) < 4.78 is 14.7. The molecule has 1 heterocycles. The molecule has 7 nitrogen and oxygen atoms in total. The van der Waals surface area contributed by atoms with Gasteiger partial charge in [0.15, 0.2) is 0 Å². The van der Waals surface area contributed by atoms with Crippen LogP contribution >= 0.6 is 0 Å². The molecule has 0 aliphatic carbocycles. The molecule has 1 aliphatic rings. The number of benzene rings is 3. The average molecular weight is 490 g/mol. The zero-order chi connectivity index (χ0) is 26.1. The van der Waals surface area contributed by atoms with Crippen LogP contribution in [0, 0.1) is 5.82 Å². The van der Waals surface area contributed by atoms with E-state index in [-0.39, 0.29) is 5.82 Å². The number of carbonyl (C=O) groups is 2. The normalized spacial score (nSPS) is 12.2. The molecule has 0 spiro atoms. The number of aliphatic carboxylic acids is 2. The Morgan fingerprint density at radius 2 is 1.42 bits per heavy atom. The van der Waals surface area contributed by atoms with Crippen LogP contribution in [0.1, 0.15) is 17.5 Å². The van der Waals surface area contributed by atoms with Crippen molar-refractivity contribution >= 4 is 34.7 Å². The van der Waals surface area contributed by atoms with Crippen LogP contribution in [0.5, 0.6) is 0 Å². The molecule has 3 aromatic rings. The van der Waals surface area contributed by atoms with Crippen molar-refractivity contribution in [3.8, 4) is 0 Å². The Bertz CT molecular complexity index is 1270. The summed E-state index contributed by atoms with van der Waals surface area (Å²) >= 11 is 0. The van der Waals surface area contributed by atoms with Crippen LogP contribution in [0.3, 0.4) is 0 Å². The Balaban J connectivity index is 0.000000392. The maximum atomic E-state index is 14.7. The van der Waals surface area contributed by atoms with Crippen LogP contribution in [0.2, 0.25) is 0 Å². The molecule has 0 unspecified atom stereocenters. The van der Waals surface area contributed by atoms with Gasteiger partial charge in [0, 0.05) is 29.8 Å². The first-order chi connectivity index (χ1) is 17.3. The standard InChI is InChI=1S/C24H24FN3.C4H4O4/c1-27(2)16-9-17-28-22-14-7-4-11-19(22)24(18-10-3-5-12-20(18)25)26-21-13-6-8-15-23(21)28;5-3(6)1-2-4(7)8/h3-8,10-15H,9,16-17H2,1-2H3;1-2H,(H,5,6)(H,7,8)/b;2-1+. The van der Waals surface area contributed by atoms with Gasteiger partial charge in [-0.2, -0.15) is 0 Å². The maximum absolute atomic E-state index is 14.7. The number of carboxylic acid groups (broad SMARTS) is 2. The van der Waals surface area contributed by atoms with Crippen LogP contribution in [-0.2, 0) is 9.59 Å². The summed E-state index contributed by atoms with van der Waals surface area (Å²) in [5.41, 5.74) is 5.14. The zero-order valence-electron chi connectivity index (χ0n) is 20.1. The Kier molecular flexibility index (Phi) is 9.07. The Labute approximate surface area is 209 Å². The molecule has 0 amide bonds. The third-order valence-corrected chi connectivity index (χ3v) is 5.34. The summed E-state index contributed by atoms with van der Waals surface area (Å²) in [6.07, 6.45) is 2.13. The lowest BCUT2D eigenvalue weighted by atomic mass is 9.99. The van der Waals surface area contributed by atoms with Gasteiger partial charge in [-0.1, -0.05) is 42.5 Å². The lowest BCUT2D eigenvalue weighted by Crippen LogP contribution is -2.24. The first-order valence-corrected chi connectivity index (χ1v) is 11.4. The summed E-state index contributed by atoms with van der Waals surface area (Å²) in [5.74, 6) is -2.77. The monoisotopic (exact) mass is 489 g/mol. The van der Waals surface area contributed by atoms with Crippen molar-refractivity contribution in [2.24, 2.45) is 4.99 Å². The highest BCUT2D eigenvalue weighted by Crippen LogP contribution is 2.40. The number of hydrogen-bond donors (Lipinski definition) is 2. The molecule has 2 N–H and O–H groups in total. The summed E-state index contributed by atoms with van der Waals surface area (Å²) in [7, 11) is 4.17. The van der Waals surface area contributed by atoms with Crippen molar-refractivity contribution in [2.75, 3.05) is 32.1 Å². The van der Waals surface area contributed by atoms with E-state index in [1.165, 1.54) is 6.07 Å². The second kappa shape index (κ2) is 12.4. The summed E-state index contributed by atoms with van der Waals surface area (Å²) in [6.45, 7) is 1.87. The van der Waals surface area contributed by atoms with E-state index in [0.29, 0.717) is 23.4 Å². The maximum Gasteiger partial charge on any atom is 0.328 e. The molecule has 186 valence electrons. The number of fused-ring (bicyclic) bond motifs is 2. The highest BCUT2D eigenvalue weighted by atomic mass is 19.1. The van der Waals surface area contributed by atoms with Crippen molar-refractivity contribution < 1.29 is 24.2 Å². The number of rotatable bonds is 7. The molecule has 4 rings (SSSR count). The van der Waals surface area contributed by atoms with E-state index in [1.807, 2.05) is 42.5 Å². The van der Waals surface area contributed by atoms with E-state index in [0.717, 1.165) is 42.1 Å². The zero-order valence-corrected chi connectivity index (χ0v) is 20.1. The van der Waals surface area contributed by atoms with Gasteiger partial charge in [0.1, 0.15) is 5.82 Å². The molecule has 36 heavy (non-hydrogen) atoms. The number of para-hydroxylation sites is 3. The van der Waals surface area contributed by atoms with Crippen molar-refractivity contribution in [2.45, 2.75) is 6.42 Å². The number of hydrogen-bond acceptors (Lipinski definition) is 5. The lowest BCUT2D eigenvalue weighted by Gasteiger charge is -2.27. The van der Waals surface area contributed by atoms with Gasteiger partial charge in [0.05, 0.1) is 22.8 Å². The highest BCUT2D eigenvalue weighted by Gasteiger charge is 2.24. The second-order valence-corrected chi connectivity index (χ2v) is 8.26. The summed E-state index contributed by atoms with van der Waals surface area (Å²) in [6, 6.07) is 23.1. The minimum Gasteiger partial charge on any atom is -0.478 e. The third-order valence-electron chi connectivity index (χ3n) is 5.34. The van der Waals surface area contributed by atoms with Crippen LogP contribution in [0.4, 0.5) is 21.5 Å². The predicted octanol–water partition coefficient (Wildman–Crippen LogP) is 5.11. The first-order valence-electron chi connectivity index (χ1n) is 11.4. The number of anilines is 2. The molecule has 8 heteroatoms. The molecular formula is C28H28FN3O4. The Morgan fingerprint density at radius 1 is 0.861 bits per heavy atom. The van der Waals surface area contributed by atoms with Crippen LogP contribution < -0.4 is 4.90 Å². The lowest BCUT2D eigenvalue weighted by molar-refractivity contribution is -0.134. The van der Waals surface area contributed by atoms with Gasteiger partial charge in [-0.05, 0) is 57.4 Å². The largest absolute Gasteiger partial charge is 0.478 e. The smallest absolute Gasteiger partial charge is 0.328 e. The molecule has 0 radical (unpaired) electrons. The molecule has 1 aliphatic heterocycles. The van der Waals surface area contributed by atoms with Crippen LogP contribution in [0.25, 0.3) is 0 Å². The van der Waals surface area contributed by atoms with Crippen LogP contribution in [-0.4, -0.2) is 59.9 Å². The SMILES string of the molecule is CN(C)CCCN1c2ccccc2N=C(c2ccccc2F)c2ccccc21.O=C(O)/C=C/C(=O)O. The van der Waals surface area contributed by atoms with E-state index >= 15 is 0 Å². The minimum absolute atomic E-state index is 0.255. The second-order valence-electron chi connectivity index (χ2n) is 8.26. The van der Waals surface area contributed by atoms with E-state index in [9.17, 15) is 14.0 Å². The summed E-state index contributed by atoms with van der Waals surface area (Å²) in [4.78, 5) is 28.5. The van der Waals surface area contributed by atoms with Crippen molar-refractivity contribution in [3.05, 3.63) is 102 Å². The van der Waals surface area contributed by atoms with E-state index in [1.54, 1.807) is 12.1 Å². The molecular weight excluding hydrogens is 461 g/mol. The Hall–Kier alpha value is -4.30. The summed E-state index contributed by atoms with van der Waals surface area (Å²) in [5, 5.41) is 15.6. The van der Waals surface area contributed by atoms with Gasteiger partial charge in [0.25, 0.3) is 0 Å². The van der Waals surface area contributed by atoms with Gasteiger partial charge in [-0.25, -0.2) is 19.0 Å². The molecule has 0 fully saturated rings. The number of carboxylic acids is 2. The molecule has 0 atom stereocenters. The van der Waals surface area contributed by atoms with Crippen molar-refractivity contribution in [3.63, 3.8) is 0 Å². The quantitative estimate of drug-likeness (QED) is 0.448. The van der Waals surface area contributed by atoms with E-state index < -0.39 is 11.9 Å². The number of nitrogens with zero attached hydrogens (tertiary/aromatic N) is 3. The van der Waals surface area contributed by atoms with Crippen molar-refractivity contribution in [1.29, 1.82) is 0 Å². The topological polar surface area (TPSA) is 93.4 Å². The predicted molar refractivity (Wildman–Crippen MR) is 139 cm³/mol. The molecule has 0 saturated carbocycles. The van der Waals surface area contributed by atoms with Gasteiger partial charge >= 0.3 is 11.9 Å². The Morgan fingerprint density at radius 3 is 2.03 bits per heavy atom. The van der Waals surface area contributed by atoms with Crippen LogP contribution in [0.15, 0.2) is 89.9 Å². The minimum atomic E-state index is -1.26. The van der Waals surface area contributed by atoms with Gasteiger partial charge in [0.2, 0.25) is 0 Å². The average Bonchev–Trinajstić information content (AvgIpc) is 2.98. The molecule has 0 aromatic heterocycles. The number of aliphatic imine (C=N–C) groups is 1. The number of halogens is 1. The van der Waals surface area contributed by atoms with E-state index in [2.05, 4.69) is 36.0 Å². The third kappa shape index (κ3) is 6.86.